The van der Waals surface area contributed by atoms with Gasteiger partial charge in [-0.25, -0.2) is 4.98 Å². The third-order valence-electron chi connectivity index (χ3n) is 4.16. The van der Waals surface area contributed by atoms with E-state index in [0.29, 0.717) is 11.9 Å². The molecule has 0 aliphatic heterocycles. The molecule has 0 bridgehead atoms. The molecular formula is C19H17N3O2. The molecule has 0 aliphatic carbocycles. The van der Waals surface area contributed by atoms with Crippen LogP contribution in [0.1, 0.15) is 21.6 Å². The lowest BCUT2D eigenvalue weighted by atomic mass is 9.93. The number of nitrogens with two attached hydrogens (primary N) is 1. The number of nitrogens with one attached hydrogen (secondary N) is 1. The predicted octanol–water partition coefficient (Wildman–Crippen LogP) is 2.93. The predicted molar refractivity (Wildman–Crippen MR) is 93.7 cm³/mol. The summed E-state index contributed by atoms with van der Waals surface area (Å²) in [6.07, 6.45) is 5.05. The highest BCUT2D eigenvalue weighted by atomic mass is 16.1. The van der Waals surface area contributed by atoms with E-state index in [2.05, 4.69) is 16.5 Å². The Morgan fingerprint density at radius 2 is 2.08 bits per heavy atom. The summed E-state index contributed by atoms with van der Waals surface area (Å²) < 4.78 is 0. The monoisotopic (exact) mass is 319 g/mol. The van der Waals surface area contributed by atoms with Crippen LogP contribution in [-0.2, 0) is 11.2 Å². The highest BCUT2D eigenvalue weighted by Gasteiger charge is 2.16. The summed E-state index contributed by atoms with van der Waals surface area (Å²) in [6, 6.07) is 7.71. The SMILES string of the molecule is C=CC(=O)Cc1cccc(-c2cnc(C(N)=O)c3[nH]ccc23)c1C. The molecule has 3 rings (SSSR count). The maximum absolute atomic E-state index is 11.7. The van der Waals surface area contributed by atoms with E-state index in [4.69, 9.17) is 5.73 Å². The summed E-state index contributed by atoms with van der Waals surface area (Å²) in [6.45, 7) is 5.49. The Labute approximate surface area is 139 Å². The zero-order valence-corrected chi connectivity index (χ0v) is 13.3. The second-order valence-corrected chi connectivity index (χ2v) is 5.59. The maximum Gasteiger partial charge on any atom is 0.269 e. The molecule has 1 aromatic carbocycles. The zero-order chi connectivity index (χ0) is 17.3. The minimum atomic E-state index is -0.573. The van der Waals surface area contributed by atoms with E-state index in [1.807, 2.05) is 31.2 Å². The number of primary amides is 1. The molecule has 0 saturated heterocycles. The topological polar surface area (TPSA) is 88.8 Å². The molecule has 0 fully saturated rings. The molecule has 0 aliphatic rings. The van der Waals surface area contributed by atoms with Crippen LogP contribution < -0.4 is 5.73 Å². The van der Waals surface area contributed by atoms with Crippen molar-refractivity contribution in [1.29, 1.82) is 0 Å². The highest BCUT2D eigenvalue weighted by Crippen LogP contribution is 2.32. The van der Waals surface area contributed by atoms with E-state index in [1.54, 1.807) is 12.4 Å². The van der Waals surface area contributed by atoms with Crippen LogP contribution in [0.4, 0.5) is 0 Å². The van der Waals surface area contributed by atoms with Crippen molar-refractivity contribution in [2.45, 2.75) is 13.3 Å². The number of pyridine rings is 1. The van der Waals surface area contributed by atoms with Crippen LogP contribution in [-0.4, -0.2) is 21.7 Å². The molecule has 24 heavy (non-hydrogen) atoms. The quantitative estimate of drug-likeness (QED) is 0.709. The number of H-pyrrole nitrogens is 1. The number of aromatic amines is 1. The first-order valence-corrected chi connectivity index (χ1v) is 7.53. The van der Waals surface area contributed by atoms with Gasteiger partial charge in [0.15, 0.2) is 11.5 Å². The Kier molecular flexibility index (Phi) is 4.00. The van der Waals surface area contributed by atoms with Crippen molar-refractivity contribution in [2.75, 3.05) is 0 Å². The molecule has 0 spiro atoms. The van der Waals surface area contributed by atoms with Crippen LogP contribution in [0.25, 0.3) is 22.0 Å². The second-order valence-electron chi connectivity index (χ2n) is 5.59. The fourth-order valence-electron chi connectivity index (χ4n) is 2.88. The Hall–Kier alpha value is -3.21. The Balaban J connectivity index is 2.18. The number of carbonyl (C=O) groups excluding carboxylic acids is 2. The standard InChI is InChI=1S/C19H17N3O2/c1-3-13(23)9-12-5-4-6-14(11(12)2)16-10-22-18(19(20)24)17-15(16)7-8-21-17/h3-8,10,21H,1,9H2,2H3,(H2,20,24). The summed E-state index contributed by atoms with van der Waals surface area (Å²) in [5.41, 5.74) is 10.0. The number of allylic oxidation sites excluding steroid dienone is 1. The van der Waals surface area contributed by atoms with Gasteiger partial charge in [-0.05, 0) is 35.8 Å². The third-order valence-corrected chi connectivity index (χ3v) is 4.16. The third kappa shape index (κ3) is 2.60. The van der Waals surface area contributed by atoms with E-state index >= 15 is 0 Å². The molecule has 120 valence electrons. The number of benzene rings is 1. The maximum atomic E-state index is 11.7. The van der Waals surface area contributed by atoms with Crippen LogP contribution in [0.2, 0.25) is 0 Å². The highest BCUT2D eigenvalue weighted by molar-refractivity contribution is 6.07. The van der Waals surface area contributed by atoms with Crippen LogP contribution in [0.5, 0.6) is 0 Å². The van der Waals surface area contributed by atoms with Crippen LogP contribution >= 0.6 is 0 Å². The molecule has 2 aromatic heterocycles. The van der Waals surface area contributed by atoms with Gasteiger partial charge < -0.3 is 10.7 Å². The van der Waals surface area contributed by atoms with Gasteiger partial charge in [-0.3, -0.25) is 9.59 Å². The smallest absolute Gasteiger partial charge is 0.269 e. The lowest BCUT2D eigenvalue weighted by Gasteiger charge is -2.12. The van der Waals surface area contributed by atoms with Gasteiger partial charge in [-0.2, -0.15) is 0 Å². The minimum Gasteiger partial charge on any atom is -0.364 e. The molecule has 1 amide bonds. The van der Waals surface area contributed by atoms with Crippen molar-refractivity contribution in [3.05, 3.63) is 66.1 Å². The van der Waals surface area contributed by atoms with E-state index in [9.17, 15) is 9.59 Å². The molecule has 0 saturated carbocycles. The summed E-state index contributed by atoms with van der Waals surface area (Å²) in [5, 5.41) is 0.870. The first kappa shape index (κ1) is 15.7. The van der Waals surface area contributed by atoms with Gasteiger partial charge in [0.2, 0.25) is 0 Å². The summed E-state index contributed by atoms with van der Waals surface area (Å²) >= 11 is 0. The first-order valence-electron chi connectivity index (χ1n) is 7.53. The molecule has 2 heterocycles. The van der Waals surface area contributed by atoms with Gasteiger partial charge in [0.05, 0.1) is 5.52 Å². The molecule has 3 N–H and O–H groups in total. The Bertz CT molecular complexity index is 970. The van der Waals surface area contributed by atoms with E-state index in [-0.39, 0.29) is 11.5 Å². The summed E-state index contributed by atoms with van der Waals surface area (Å²) in [5.74, 6) is -0.597. The molecular weight excluding hydrogens is 302 g/mol. The molecule has 0 unspecified atom stereocenters. The number of hydrogen-bond acceptors (Lipinski definition) is 3. The molecule has 3 aromatic rings. The van der Waals surface area contributed by atoms with Crippen molar-refractivity contribution in [2.24, 2.45) is 5.73 Å². The van der Waals surface area contributed by atoms with Crippen molar-refractivity contribution >= 4 is 22.6 Å². The number of ketones is 1. The average Bonchev–Trinajstić information content (AvgIpc) is 3.05. The number of aromatic nitrogens is 2. The number of carbonyl (C=O) groups is 2. The minimum absolute atomic E-state index is 0.0238. The number of fused-ring (bicyclic) bond motifs is 1. The molecule has 0 atom stereocenters. The second kappa shape index (κ2) is 6.12. The van der Waals surface area contributed by atoms with E-state index in [1.165, 1.54) is 6.08 Å². The van der Waals surface area contributed by atoms with Crippen molar-refractivity contribution < 1.29 is 9.59 Å². The molecule has 5 nitrogen and oxygen atoms in total. The number of amides is 1. The lowest BCUT2D eigenvalue weighted by Crippen LogP contribution is -2.13. The van der Waals surface area contributed by atoms with Gasteiger partial charge in [-0.1, -0.05) is 24.8 Å². The number of hydrogen-bond donors (Lipinski definition) is 2. The van der Waals surface area contributed by atoms with E-state index in [0.717, 1.165) is 27.6 Å². The Morgan fingerprint density at radius 3 is 2.79 bits per heavy atom. The first-order chi connectivity index (χ1) is 11.5. The fourth-order valence-corrected chi connectivity index (χ4v) is 2.88. The molecule has 5 heteroatoms. The normalized spacial score (nSPS) is 10.7. The van der Waals surface area contributed by atoms with Gasteiger partial charge in [0.1, 0.15) is 0 Å². The van der Waals surface area contributed by atoms with Gasteiger partial charge in [0.25, 0.3) is 5.91 Å². The number of rotatable bonds is 5. The summed E-state index contributed by atoms with van der Waals surface area (Å²) in [4.78, 5) is 30.5. The van der Waals surface area contributed by atoms with Crippen molar-refractivity contribution in [1.82, 2.24) is 9.97 Å². The van der Waals surface area contributed by atoms with E-state index < -0.39 is 5.91 Å². The van der Waals surface area contributed by atoms with Gasteiger partial charge in [0, 0.05) is 29.8 Å². The van der Waals surface area contributed by atoms with Crippen molar-refractivity contribution in [3.63, 3.8) is 0 Å². The zero-order valence-electron chi connectivity index (χ0n) is 13.3. The lowest BCUT2D eigenvalue weighted by molar-refractivity contribution is -0.114. The van der Waals surface area contributed by atoms with Gasteiger partial charge in [-0.15, -0.1) is 0 Å². The fraction of sp³-hybridized carbons (Fsp3) is 0.105. The van der Waals surface area contributed by atoms with Gasteiger partial charge >= 0.3 is 0 Å². The molecule has 0 radical (unpaired) electrons. The number of nitrogens with zero attached hydrogens (tertiary/aromatic N) is 1. The summed E-state index contributed by atoms with van der Waals surface area (Å²) in [7, 11) is 0. The van der Waals surface area contributed by atoms with Crippen molar-refractivity contribution in [3.8, 4) is 11.1 Å². The van der Waals surface area contributed by atoms with Crippen LogP contribution in [0.3, 0.4) is 0 Å². The van der Waals surface area contributed by atoms with Crippen LogP contribution in [0, 0.1) is 6.92 Å². The largest absolute Gasteiger partial charge is 0.364 e. The average molecular weight is 319 g/mol. The van der Waals surface area contributed by atoms with Crippen LogP contribution in [0.15, 0.2) is 49.3 Å². The Morgan fingerprint density at radius 1 is 1.29 bits per heavy atom.